The monoisotopic (exact) mass is 378 g/mol. The van der Waals surface area contributed by atoms with E-state index in [0.717, 1.165) is 54.0 Å². The highest BCUT2D eigenvalue weighted by Crippen LogP contribution is 2.21. The molecule has 7 heteroatoms. The molecule has 0 atom stereocenters. The quantitative estimate of drug-likeness (QED) is 0.714. The second-order valence-corrected chi connectivity index (χ2v) is 7.49. The number of benzene rings is 1. The van der Waals surface area contributed by atoms with Crippen LogP contribution >= 0.6 is 0 Å². The predicted octanol–water partition coefficient (Wildman–Crippen LogP) is 2.67. The summed E-state index contributed by atoms with van der Waals surface area (Å²) in [6.07, 6.45) is 5.81. The van der Waals surface area contributed by atoms with Gasteiger partial charge in [-0.1, -0.05) is 18.2 Å². The maximum Gasteiger partial charge on any atom is 0.227 e. The summed E-state index contributed by atoms with van der Waals surface area (Å²) in [6, 6.07) is 10.4. The van der Waals surface area contributed by atoms with E-state index in [0.29, 0.717) is 12.5 Å². The number of nitrogens with zero attached hydrogens (tertiary/aromatic N) is 4. The van der Waals surface area contributed by atoms with Gasteiger partial charge in [-0.15, -0.1) is 0 Å². The van der Waals surface area contributed by atoms with Crippen LogP contribution < -0.4 is 10.2 Å². The first-order chi connectivity index (χ1) is 13.6. The molecule has 2 N–H and O–H groups in total. The van der Waals surface area contributed by atoms with Crippen LogP contribution in [-0.2, 0) is 11.2 Å². The Bertz CT molecular complexity index is 958. The Balaban J connectivity index is 1.32. The molecule has 146 valence electrons. The van der Waals surface area contributed by atoms with Crippen molar-refractivity contribution in [3.8, 4) is 0 Å². The minimum Gasteiger partial charge on any atom is -0.367 e. The van der Waals surface area contributed by atoms with Crippen molar-refractivity contribution in [2.75, 3.05) is 37.4 Å². The van der Waals surface area contributed by atoms with Crippen molar-refractivity contribution in [3.05, 3.63) is 48.4 Å². The molecule has 0 spiro atoms. The molecule has 3 heterocycles. The van der Waals surface area contributed by atoms with E-state index >= 15 is 0 Å². The molecule has 1 amide bonds. The smallest absolute Gasteiger partial charge is 0.227 e. The zero-order valence-electron chi connectivity index (χ0n) is 16.4. The number of hydrogen-bond acceptors (Lipinski definition) is 5. The third-order valence-electron chi connectivity index (χ3n) is 5.33. The third-order valence-corrected chi connectivity index (χ3v) is 5.33. The van der Waals surface area contributed by atoms with Crippen molar-refractivity contribution < 1.29 is 4.79 Å². The summed E-state index contributed by atoms with van der Waals surface area (Å²) < 4.78 is 0. The van der Waals surface area contributed by atoms with E-state index < -0.39 is 0 Å². The van der Waals surface area contributed by atoms with Crippen LogP contribution in [0.3, 0.4) is 0 Å². The first-order valence-corrected chi connectivity index (χ1v) is 9.69. The fraction of sp³-hybridized carbons (Fsp3) is 0.381. The molecule has 0 saturated carbocycles. The molecule has 1 aromatic carbocycles. The zero-order chi connectivity index (χ0) is 19.5. The molecule has 4 rings (SSSR count). The molecular formula is C21H26N6O. The average Bonchev–Trinajstić information content (AvgIpc) is 3.12. The van der Waals surface area contributed by atoms with E-state index in [4.69, 9.17) is 0 Å². The van der Waals surface area contributed by atoms with Gasteiger partial charge in [0.1, 0.15) is 18.0 Å². The fourth-order valence-electron chi connectivity index (χ4n) is 3.71. The number of aromatic amines is 1. The highest BCUT2D eigenvalue weighted by molar-refractivity contribution is 5.88. The minimum atomic E-state index is 0.195. The van der Waals surface area contributed by atoms with Crippen LogP contribution in [0.25, 0.3) is 10.9 Å². The largest absolute Gasteiger partial charge is 0.367 e. The summed E-state index contributed by atoms with van der Waals surface area (Å²) in [6.45, 7) is 1.54. The standard InChI is InChI=1S/C21H26N6O/c1-26(2)20-12-19(23-14-24-20)25-16-7-9-27(10-8-16)21(28)11-15-13-22-18-6-4-3-5-17(15)18/h3-6,12-14,16,22H,7-11H2,1-2H3,(H,23,24,25). The number of piperidine rings is 1. The van der Waals surface area contributed by atoms with Gasteiger partial charge >= 0.3 is 0 Å². The highest BCUT2D eigenvalue weighted by Gasteiger charge is 2.23. The molecular weight excluding hydrogens is 352 g/mol. The number of aromatic nitrogens is 3. The summed E-state index contributed by atoms with van der Waals surface area (Å²) in [4.78, 5) is 28.5. The second-order valence-electron chi connectivity index (χ2n) is 7.49. The van der Waals surface area contributed by atoms with Gasteiger partial charge in [-0.25, -0.2) is 9.97 Å². The normalized spacial score (nSPS) is 15.0. The highest BCUT2D eigenvalue weighted by atomic mass is 16.2. The Morgan fingerprint density at radius 2 is 2.04 bits per heavy atom. The number of carbonyl (C=O) groups excluding carboxylic acids is 1. The van der Waals surface area contributed by atoms with Crippen LogP contribution in [0.15, 0.2) is 42.9 Å². The number of H-pyrrole nitrogens is 1. The van der Waals surface area contributed by atoms with Gasteiger partial charge in [0.05, 0.1) is 6.42 Å². The van der Waals surface area contributed by atoms with Gasteiger partial charge in [-0.2, -0.15) is 0 Å². The van der Waals surface area contributed by atoms with Gasteiger partial charge in [-0.05, 0) is 24.5 Å². The lowest BCUT2D eigenvalue weighted by Gasteiger charge is -2.32. The van der Waals surface area contributed by atoms with Crippen molar-refractivity contribution in [1.29, 1.82) is 0 Å². The number of rotatable bonds is 5. The summed E-state index contributed by atoms with van der Waals surface area (Å²) in [5.74, 6) is 1.91. The number of anilines is 2. The topological polar surface area (TPSA) is 77.1 Å². The summed E-state index contributed by atoms with van der Waals surface area (Å²) in [5.41, 5.74) is 2.15. The van der Waals surface area contributed by atoms with E-state index in [2.05, 4.69) is 26.3 Å². The van der Waals surface area contributed by atoms with Gasteiger partial charge in [0.25, 0.3) is 0 Å². The lowest BCUT2D eigenvalue weighted by Crippen LogP contribution is -2.43. The van der Waals surface area contributed by atoms with E-state index in [1.54, 1.807) is 6.33 Å². The number of fused-ring (bicyclic) bond motifs is 1. The zero-order valence-corrected chi connectivity index (χ0v) is 16.4. The third kappa shape index (κ3) is 3.93. The van der Waals surface area contributed by atoms with Crippen LogP contribution in [0.5, 0.6) is 0 Å². The van der Waals surface area contributed by atoms with Crippen molar-refractivity contribution >= 4 is 28.4 Å². The van der Waals surface area contributed by atoms with Crippen LogP contribution in [0.1, 0.15) is 18.4 Å². The average molecular weight is 378 g/mol. The Morgan fingerprint density at radius 3 is 2.82 bits per heavy atom. The number of amides is 1. The fourth-order valence-corrected chi connectivity index (χ4v) is 3.71. The molecule has 1 fully saturated rings. The van der Waals surface area contributed by atoms with E-state index in [1.807, 2.05) is 54.4 Å². The van der Waals surface area contributed by atoms with E-state index in [-0.39, 0.29) is 5.91 Å². The number of para-hydroxylation sites is 1. The van der Waals surface area contributed by atoms with E-state index in [1.165, 1.54) is 0 Å². The lowest BCUT2D eigenvalue weighted by molar-refractivity contribution is -0.131. The number of nitrogens with one attached hydrogen (secondary N) is 2. The molecule has 0 radical (unpaired) electrons. The molecule has 2 aromatic heterocycles. The summed E-state index contributed by atoms with van der Waals surface area (Å²) in [7, 11) is 3.92. The Labute approximate surface area is 164 Å². The molecule has 1 aliphatic rings. The van der Waals surface area contributed by atoms with Gasteiger partial charge in [0.15, 0.2) is 0 Å². The van der Waals surface area contributed by atoms with Crippen molar-refractivity contribution in [2.45, 2.75) is 25.3 Å². The number of hydrogen-bond donors (Lipinski definition) is 2. The molecule has 0 bridgehead atoms. The van der Waals surface area contributed by atoms with Gasteiger partial charge in [0, 0.05) is 56.4 Å². The van der Waals surface area contributed by atoms with E-state index in [9.17, 15) is 4.79 Å². The first-order valence-electron chi connectivity index (χ1n) is 9.69. The molecule has 3 aromatic rings. The van der Waals surface area contributed by atoms with Gasteiger partial charge < -0.3 is 20.1 Å². The molecule has 0 unspecified atom stereocenters. The van der Waals surface area contributed by atoms with Crippen LogP contribution in [0.2, 0.25) is 0 Å². The Hall–Kier alpha value is -3.09. The molecule has 0 aliphatic carbocycles. The van der Waals surface area contributed by atoms with Gasteiger partial charge in [0.2, 0.25) is 5.91 Å². The number of likely N-dealkylation sites (tertiary alicyclic amines) is 1. The van der Waals surface area contributed by atoms with Crippen molar-refractivity contribution in [1.82, 2.24) is 19.9 Å². The van der Waals surface area contributed by atoms with Crippen LogP contribution in [-0.4, -0.2) is 59.0 Å². The second kappa shape index (κ2) is 7.88. The summed E-state index contributed by atoms with van der Waals surface area (Å²) >= 11 is 0. The molecule has 1 aliphatic heterocycles. The van der Waals surface area contributed by atoms with Gasteiger partial charge in [-0.3, -0.25) is 4.79 Å². The Morgan fingerprint density at radius 1 is 1.25 bits per heavy atom. The van der Waals surface area contributed by atoms with Crippen LogP contribution in [0, 0.1) is 0 Å². The molecule has 28 heavy (non-hydrogen) atoms. The van der Waals surface area contributed by atoms with Crippen LogP contribution in [0.4, 0.5) is 11.6 Å². The lowest BCUT2D eigenvalue weighted by atomic mass is 10.0. The Kier molecular flexibility index (Phi) is 5.14. The summed E-state index contributed by atoms with van der Waals surface area (Å²) in [5, 5.41) is 4.62. The molecule has 1 saturated heterocycles. The SMILES string of the molecule is CN(C)c1cc(NC2CCN(C(=O)Cc3c[nH]c4ccccc34)CC2)ncn1. The maximum absolute atomic E-state index is 12.8. The molecule has 7 nitrogen and oxygen atoms in total. The predicted molar refractivity (Wildman–Crippen MR) is 112 cm³/mol. The minimum absolute atomic E-state index is 0.195. The van der Waals surface area contributed by atoms with Crippen molar-refractivity contribution in [3.63, 3.8) is 0 Å². The van der Waals surface area contributed by atoms with Crippen molar-refractivity contribution in [2.24, 2.45) is 0 Å². The first kappa shape index (κ1) is 18.3. The number of carbonyl (C=O) groups is 1. The maximum atomic E-state index is 12.8.